The smallest absolute Gasteiger partial charge is 0.146 e. The number of anilines is 1. The first-order chi connectivity index (χ1) is 9.77. The van der Waals surface area contributed by atoms with Crippen molar-refractivity contribution < 1.29 is 0 Å². The second kappa shape index (κ2) is 5.21. The summed E-state index contributed by atoms with van der Waals surface area (Å²) in [5.74, 6) is 2.02. The Morgan fingerprint density at radius 3 is 2.05 bits per heavy atom. The summed E-state index contributed by atoms with van der Waals surface area (Å²) in [4.78, 5) is 6.68. The topological polar surface area (TPSA) is 21.1 Å². The Morgan fingerprint density at radius 2 is 1.45 bits per heavy atom. The van der Waals surface area contributed by atoms with Crippen LogP contribution in [-0.4, -0.2) is 23.6 Å². The highest BCUT2D eigenvalue weighted by molar-refractivity contribution is 5.64. The van der Waals surface area contributed by atoms with Gasteiger partial charge in [0.2, 0.25) is 0 Å². The molecule has 3 heteroatoms. The highest BCUT2D eigenvalue weighted by Gasteiger charge is 2.14. The molecule has 0 aliphatic heterocycles. The van der Waals surface area contributed by atoms with Crippen molar-refractivity contribution in [2.75, 3.05) is 19.0 Å². The summed E-state index contributed by atoms with van der Waals surface area (Å²) in [6.07, 6.45) is 1.91. The molecule has 0 bridgehead atoms. The monoisotopic (exact) mass is 263 g/mol. The summed E-state index contributed by atoms with van der Waals surface area (Å²) in [5.41, 5.74) is 2.23. The molecule has 1 heterocycles. The normalized spacial score (nSPS) is 10.5. The van der Waals surface area contributed by atoms with E-state index in [0.29, 0.717) is 0 Å². The van der Waals surface area contributed by atoms with Crippen molar-refractivity contribution in [3.8, 4) is 17.1 Å². The second-order valence-electron chi connectivity index (χ2n) is 4.87. The van der Waals surface area contributed by atoms with Crippen molar-refractivity contribution >= 4 is 5.82 Å². The van der Waals surface area contributed by atoms with E-state index in [-0.39, 0.29) is 0 Å². The van der Waals surface area contributed by atoms with Gasteiger partial charge in [0.1, 0.15) is 11.6 Å². The van der Waals surface area contributed by atoms with Gasteiger partial charge in [-0.1, -0.05) is 48.5 Å². The molecule has 1 aromatic heterocycles. The SMILES string of the molecule is CN(C)c1cnc(-c2ccccc2)n1-c1ccccc1. The van der Waals surface area contributed by atoms with Crippen molar-refractivity contribution in [1.82, 2.24) is 9.55 Å². The van der Waals surface area contributed by atoms with Gasteiger partial charge < -0.3 is 4.90 Å². The molecular weight excluding hydrogens is 246 g/mol. The fourth-order valence-electron chi connectivity index (χ4n) is 2.28. The molecule has 0 amide bonds. The van der Waals surface area contributed by atoms with Gasteiger partial charge in [-0.05, 0) is 12.1 Å². The highest BCUT2D eigenvalue weighted by atomic mass is 15.2. The van der Waals surface area contributed by atoms with Crippen LogP contribution in [0.15, 0.2) is 66.9 Å². The zero-order valence-corrected chi connectivity index (χ0v) is 11.7. The molecule has 0 aliphatic rings. The van der Waals surface area contributed by atoms with E-state index in [1.807, 2.05) is 56.7 Å². The minimum Gasteiger partial charge on any atom is -0.363 e. The molecule has 3 rings (SSSR count). The highest BCUT2D eigenvalue weighted by Crippen LogP contribution is 2.27. The van der Waals surface area contributed by atoms with Crippen LogP contribution >= 0.6 is 0 Å². The minimum atomic E-state index is 0.959. The molecule has 0 atom stereocenters. The lowest BCUT2D eigenvalue weighted by Gasteiger charge is -2.17. The molecule has 3 aromatic rings. The Balaban J connectivity index is 2.22. The van der Waals surface area contributed by atoms with E-state index in [9.17, 15) is 0 Å². The third-order valence-electron chi connectivity index (χ3n) is 3.25. The largest absolute Gasteiger partial charge is 0.363 e. The van der Waals surface area contributed by atoms with Gasteiger partial charge in [-0.2, -0.15) is 0 Å². The first-order valence-electron chi connectivity index (χ1n) is 6.63. The molecule has 0 fully saturated rings. The average Bonchev–Trinajstić information content (AvgIpc) is 2.94. The van der Waals surface area contributed by atoms with E-state index in [0.717, 1.165) is 22.9 Å². The van der Waals surface area contributed by atoms with Crippen LogP contribution in [0.2, 0.25) is 0 Å². The zero-order chi connectivity index (χ0) is 13.9. The Labute approximate surface area is 119 Å². The summed E-state index contributed by atoms with van der Waals surface area (Å²) in [5, 5.41) is 0. The van der Waals surface area contributed by atoms with Crippen LogP contribution in [-0.2, 0) is 0 Å². The van der Waals surface area contributed by atoms with Gasteiger partial charge in [-0.25, -0.2) is 4.98 Å². The Hall–Kier alpha value is -2.55. The molecule has 0 unspecified atom stereocenters. The number of hydrogen-bond donors (Lipinski definition) is 0. The van der Waals surface area contributed by atoms with Crippen molar-refractivity contribution in [1.29, 1.82) is 0 Å². The van der Waals surface area contributed by atoms with Crippen molar-refractivity contribution in [2.45, 2.75) is 0 Å². The van der Waals surface area contributed by atoms with Crippen LogP contribution in [0.4, 0.5) is 5.82 Å². The van der Waals surface area contributed by atoms with Gasteiger partial charge in [0, 0.05) is 25.3 Å². The molecule has 0 radical (unpaired) electrons. The minimum absolute atomic E-state index is 0.959. The number of aromatic nitrogens is 2. The first-order valence-corrected chi connectivity index (χ1v) is 6.63. The van der Waals surface area contributed by atoms with Gasteiger partial charge in [0.25, 0.3) is 0 Å². The number of hydrogen-bond acceptors (Lipinski definition) is 2. The van der Waals surface area contributed by atoms with E-state index < -0.39 is 0 Å². The van der Waals surface area contributed by atoms with Crippen LogP contribution in [0, 0.1) is 0 Å². The molecule has 0 aliphatic carbocycles. The van der Waals surface area contributed by atoms with Gasteiger partial charge in [0.05, 0.1) is 6.20 Å². The first kappa shape index (κ1) is 12.5. The van der Waals surface area contributed by atoms with E-state index >= 15 is 0 Å². The molecule has 2 aromatic carbocycles. The molecule has 0 N–H and O–H groups in total. The van der Waals surface area contributed by atoms with E-state index in [4.69, 9.17) is 0 Å². The molecular formula is C17H17N3. The van der Waals surface area contributed by atoms with Gasteiger partial charge in [-0.3, -0.25) is 4.57 Å². The lowest BCUT2D eigenvalue weighted by Crippen LogP contribution is -2.13. The molecule has 20 heavy (non-hydrogen) atoms. The number of imidazole rings is 1. The van der Waals surface area contributed by atoms with Gasteiger partial charge in [-0.15, -0.1) is 0 Å². The molecule has 0 spiro atoms. The van der Waals surface area contributed by atoms with E-state index in [1.54, 1.807) is 0 Å². The number of para-hydroxylation sites is 1. The maximum Gasteiger partial charge on any atom is 0.146 e. The quantitative estimate of drug-likeness (QED) is 0.720. The van der Waals surface area contributed by atoms with Gasteiger partial charge >= 0.3 is 0 Å². The maximum atomic E-state index is 4.61. The van der Waals surface area contributed by atoms with Gasteiger partial charge in [0.15, 0.2) is 0 Å². The average molecular weight is 263 g/mol. The zero-order valence-electron chi connectivity index (χ0n) is 11.7. The van der Waals surface area contributed by atoms with Crippen molar-refractivity contribution in [3.05, 3.63) is 66.9 Å². The number of benzene rings is 2. The van der Waals surface area contributed by atoms with Crippen molar-refractivity contribution in [2.24, 2.45) is 0 Å². The lowest BCUT2D eigenvalue weighted by molar-refractivity contribution is 0.987. The standard InChI is InChI=1S/C17H17N3/c1-19(2)16-13-18-17(14-9-5-3-6-10-14)20(16)15-11-7-4-8-12-15/h3-13H,1-2H3. The maximum absolute atomic E-state index is 4.61. The lowest BCUT2D eigenvalue weighted by atomic mass is 10.2. The van der Waals surface area contributed by atoms with Crippen LogP contribution in [0.25, 0.3) is 17.1 Å². The summed E-state index contributed by atoms with van der Waals surface area (Å²) >= 11 is 0. The summed E-state index contributed by atoms with van der Waals surface area (Å²) in [6, 6.07) is 20.6. The molecule has 0 saturated heterocycles. The predicted molar refractivity (Wildman–Crippen MR) is 83.3 cm³/mol. The summed E-state index contributed by atoms with van der Waals surface area (Å²) < 4.78 is 2.18. The van der Waals surface area contributed by atoms with E-state index in [1.165, 1.54) is 0 Å². The Kier molecular flexibility index (Phi) is 3.25. The van der Waals surface area contributed by atoms with E-state index in [2.05, 4.69) is 38.7 Å². The Bertz CT molecular complexity index is 685. The fraction of sp³-hybridized carbons (Fsp3) is 0.118. The molecule has 100 valence electrons. The van der Waals surface area contributed by atoms with Crippen LogP contribution < -0.4 is 4.90 Å². The second-order valence-corrected chi connectivity index (χ2v) is 4.87. The Morgan fingerprint density at radius 1 is 0.850 bits per heavy atom. The molecule has 3 nitrogen and oxygen atoms in total. The van der Waals surface area contributed by atoms with Crippen LogP contribution in [0.5, 0.6) is 0 Å². The van der Waals surface area contributed by atoms with Crippen molar-refractivity contribution in [3.63, 3.8) is 0 Å². The fourth-order valence-corrected chi connectivity index (χ4v) is 2.28. The predicted octanol–water partition coefficient (Wildman–Crippen LogP) is 3.61. The third-order valence-corrected chi connectivity index (χ3v) is 3.25. The number of nitrogens with zero attached hydrogens (tertiary/aromatic N) is 3. The summed E-state index contributed by atoms with van der Waals surface area (Å²) in [6.45, 7) is 0. The summed E-state index contributed by atoms with van der Waals surface area (Å²) in [7, 11) is 4.07. The molecule has 0 saturated carbocycles. The van der Waals surface area contributed by atoms with Crippen LogP contribution in [0.3, 0.4) is 0 Å². The number of rotatable bonds is 3. The third kappa shape index (κ3) is 2.18. The van der Waals surface area contributed by atoms with Crippen LogP contribution in [0.1, 0.15) is 0 Å².